The Morgan fingerprint density at radius 2 is 1.70 bits per heavy atom. The van der Waals surface area contributed by atoms with Crippen LogP contribution in [0.5, 0.6) is 5.75 Å². The highest BCUT2D eigenvalue weighted by atomic mass is 16.5. The van der Waals surface area contributed by atoms with Crippen molar-refractivity contribution in [3.05, 3.63) is 59.7 Å². The largest absolute Gasteiger partial charge is 0.497 e. The number of ether oxygens (including phenoxy) is 2. The first-order chi connectivity index (χ1) is 13.2. The number of aryl methyl sites for hydroxylation is 1. The number of rotatable bonds is 9. The van der Waals surface area contributed by atoms with E-state index < -0.39 is 0 Å². The van der Waals surface area contributed by atoms with Crippen LogP contribution in [-0.4, -0.2) is 26.2 Å². The molecule has 142 valence electrons. The van der Waals surface area contributed by atoms with Crippen LogP contribution in [-0.2, 0) is 11.2 Å². The van der Waals surface area contributed by atoms with Gasteiger partial charge in [0, 0.05) is 25.1 Å². The van der Waals surface area contributed by atoms with E-state index in [2.05, 4.69) is 29.3 Å². The van der Waals surface area contributed by atoms with Gasteiger partial charge in [0.1, 0.15) is 5.75 Å². The van der Waals surface area contributed by atoms with Crippen LogP contribution in [0.2, 0.25) is 0 Å². The minimum atomic E-state index is -0.283. The highest BCUT2D eigenvalue weighted by Gasteiger charge is 2.05. The molecule has 0 aromatic heterocycles. The van der Waals surface area contributed by atoms with E-state index in [1.807, 2.05) is 24.3 Å². The summed E-state index contributed by atoms with van der Waals surface area (Å²) in [4.78, 5) is 11.6. The van der Waals surface area contributed by atoms with E-state index in [1.54, 1.807) is 26.2 Å². The van der Waals surface area contributed by atoms with Gasteiger partial charge in [-0.25, -0.2) is 4.79 Å². The highest BCUT2D eigenvalue weighted by Crippen LogP contribution is 2.12. The van der Waals surface area contributed by atoms with Gasteiger partial charge in [-0.1, -0.05) is 12.1 Å². The van der Waals surface area contributed by atoms with Crippen molar-refractivity contribution in [2.75, 3.05) is 25.6 Å². The summed E-state index contributed by atoms with van der Waals surface area (Å²) in [7, 11) is 1.67. The summed E-state index contributed by atoms with van der Waals surface area (Å²) in [5, 5.41) is 3.34. The van der Waals surface area contributed by atoms with Gasteiger partial charge in [0.25, 0.3) is 0 Å². The first-order valence-electron chi connectivity index (χ1n) is 9.32. The molecular weight excluding hydrogens is 338 g/mol. The Kier molecular flexibility index (Phi) is 8.79. The number of hydrogen-bond acceptors (Lipinski definition) is 4. The van der Waals surface area contributed by atoms with Crippen molar-refractivity contribution in [1.82, 2.24) is 0 Å². The molecule has 2 aromatic rings. The monoisotopic (exact) mass is 365 g/mol. The van der Waals surface area contributed by atoms with E-state index in [-0.39, 0.29) is 5.97 Å². The van der Waals surface area contributed by atoms with Crippen LogP contribution in [0.4, 0.5) is 5.69 Å². The molecule has 0 unspecified atom stereocenters. The van der Waals surface area contributed by atoms with Crippen molar-refractivity contribution in [1.29, 1.82) is 0 Å². The van der Waals surface area contributed by atoms with E-state index in [4.69, 9.17) is 9.47 Å². The Morgan fingerprint density at radius 1 is 1.00 bits per heavy atom. The number of methoxy groups -OCH3 is 1. The molecule has 0 saturated heterocycles. The van der Waals surface area contributed by atoms with Crippen LogP contribution in [0.1, 0.15) is 42.1 Å². The second-order valence-corrected chi connectivity index (χ2v) is 6.03. The molecule has 0 atom stereocenters. The van der Waals surface area contributed by atoms with Crippen molar-refractivity contribution in [2.24, 2.45) is 0 Å². The molecule has 2 rings (SSSR count). The Hall–Kier alpha value is -2.93. The molecule has 0 amide bonds. The van der Waals surface area contributed by atoms with Crippen LogP contribution in [0.15, 0.2) is 48.5 Å². The van der Waals surface area contributed by atoms with Gasteiger partial charge in [-0.3, -0.25) is 0 Å². The number of unbranched alkanes of at least 4 members (excludes halogenated alkanes) is 1. The van der Waals surface area contributed by atoms with Gasteiger partial charge in [-0.15, -0.1) is 11.8 Å². The summed E-state index contributed by atoms with van der Waals surface area (Å²) in [6, 6.07) is 15.5. The molecule has 0 bridgehead atoms. The molecule has 0 aliphatic heterocycles. The maximum Gasteiger partial charge on any atom is 0.338 e. The number of nitrogens with one attached hydrogen (secondary N) is 1. The van der Waals surface area contributed by atoms with Crippen LogP contribution in [0.3, 0.4) is 0 Å². The van der Waals surface area contributed by atoms with Crippen molar-refractivity contribution in [3.63, 3.8) is 0 Å². The number of carbonyl (C=O) groups excluding carboxylic acids is 1. The second kappa shape index (κ2) is 11.6. The van der Waals surface area contributed by atoms with Crippen molar-refractivity contribution >= 4 is 11.7 Å². The Morgan fingerprint density at radius 3 is 2.37 bits per heavy atom. The Balaban J connectivity index is 1.60. The first-order valence-corrected chi connectivity index (χ1v) is 9.32. The summed E-state index contributed by atoms with van der Waals surface area (Å²) in [5.41, 5.74) is 2.85. The summed E-state index contributed by atoms with van der Waals surface area (Å²) < 4.78 is 10.1. The summed E-state index contributed by atoms with van der Waals surface area (Å²) >= 11 is 0. The highest BCUT2D eigenvalue weighted by molar-refractivity contribution is 5.89. The maximum atomic E-state index is 11.6. The van der Waals surface area contributed by atoms with Crippen LogP contribution in [0.25, 0.3) is 0 Å². The molecule has 0 aliphatic carbocycles. The fraction of sp³-hybridized carbons (Fsp3) is 0.348. The molecule has 1 N–H and O–H groups in total. The topological polar surface area (TPSA) is 47.6 Å². The molecule has 2 aromatic carbocycles. The quantitative estimate of drug-likeness (QED) is 0.397. The van der Waals surface area contributed by atoms with Crippen molar-refractivity contribution in [3.8, 4) is 17.6 Å². The Labute approximate surface area is 161 Å². The number of benzene rings is 2. The third-order valence-electron chi connectivity index (χ3n) is 4.03. The van der Waals surface area contributed by atoms with E-state index in [0.29, 0.717) is 12.2 Å². The second-order valence-electron chi connectivity index (χ2n) is 6.03. The average Bonchev–Trinajstić information content (AvgIpc) is 2.71. The van der Waals surface area contributed by atoms with E-state index >= 15 is 0 Å². The smallest absolute Gasteiger partial charge is 0.338 e. The van der Waals surface area contributed by atoms with Gasteiger partial charge >= 0.3 is 5.97 Å². The number of carbonyl (C=O) groups is 1. The fourth-order valence-electron chi connectivity index (χ4n) is 2.52. The van der Waals surface area contributed by atoms with Gasteiger partial charge in [0.2, 0.25) is 0 Å². The van der Waals surface area contributed by atoms with Crippen LogP contribution in [0, 0.1) is 11.8 Å². The first kappa shape index (κ1) is 20.4. The average molecular weight is 365 g/mol. The lowest BCUT2D eigenvalue weighted by Gasteiger charge is -2.06. The third-order valence-corrected chi connectivity index (χ3v) is 4.03. The zero-order valence-corrected chi connectivity index (χ0v) is 16.1. The predicted molar refractivity (Wildman–Crippen MR) is 109 cm³/mol. The molecule has 0 spiro atoms. The molecule has 0 fully saturated rings. The zero-order valence-electron chi connectivity index (χ0n) is 16.1. The van der Waals surface area contributed by atoms with Crippen molar-refractivity contribution in [2.45, 2.75) is 32.6 Å². The molecule has 0 aliphatic rings. The molecule has 4 nitrogen and oxygen atoms in total. The number of esters is 1. The molecule has 4 heteroatoms. The zero-order chi connectivity index (χ0) is 19.3. The molecule has 27 heavy (non-hydrogen) atoms. The summed E-state index contributed by atoms with van der Waals surface area (Å²) in [6.45, 7) is 3.04. The van der Waals surface area contributed by atoms with Gasteiger partial charge < -0.3 is 14.8 Å². The van der Waals surface area contributed by atoms with E-state index in [0.717, 1.165) is 43.7 Å². The van der Waals surface area contributed by atoms with Crippen LogP contribution >= 0.6 is 0 Å². The summed E-state index contributed by atoms with van der Waals surface area (Å²) in [6.07, 6.45) is 3.68. The lowest BCUT2D eigenvalue weighted by atomic mass is 10.1. The van der Waals surface area contributed by atoms with Gasteiger partial charge in [0.15, 0.2) is 0 Å². The lowest BCUT2D eigenvalue weighted by Crippen LogP contribution is -2.05. The standard InChI is InChI=1S/C23H27NO3/c1-3-27-23(25)20-12-14-21(15-13-20)24-18-8-6-4-5-7-9-19-10-16-22(26-2)17-11-19/h10-17,24H,3,6-9,18H2,1-2H3. The SMILES string of the molecule is CCOC(=O)c1ccc(NCCCC#CCCc2ccc(OC)cc2)cc1. The molecule has 0 radical (unpaired) electrons. The molecule has 0 heterocycles. The van der Waals surface area contributed by atoms with E-state index in [9.17, 15) is 4.79 Å². The number of anilines is 1. The summed E-state index contributed by atoms with van der Waals surface area (Å²) in [5.74, 6) is 7.06. The normalized spacial score (nSPS) is 9.85. The lowest BCUT2D eigenvalue weighted by molar-refractivity contribution is 0.0526. The van der Waals surface area contributed by atoms with Gasteiger partial charge in [-0.05, 0) is 61.7 Å². The minimum absolute atomic E-state index is 0.283. The molecular formula is C23H27NO3. The maximum absolute atomic E-state index is 11.6. The third kappa shape index (κ3) is 7.45. The molecule has 0 saturated carbocycles. The minimum Gasteiger partial charge on any atom is -0.497 e. The van der Waals surface area contributed by atoms with Crippen molar-refractivity contribution < 1.29 is 14.3 Å². The Bertz CT molecular complexity index is 755. The van der Waals surface area contributed by atoms with E-state index in [1.165, 1.54) is 5.56 Å². The predicted octanol–water partition coefficient (Wildman–Crippen LogP) is 4.70. The number of hydrogen-bond donors (Lipinski definition) is 1. The van der Waals surface area contributed by atoms with Crippen LogP contribution < -0.4 is 10.1 Å². The van der Waals surface area contributed by atoms with Gasteiger partial charge in [-0.2, -0.15) is 0 Å². The fourth-order valence-corrected chi connectivity index (χ4v) is 2.52. The van der Waals surface area contributed by atoms with Gasteiger partial charge in [0.05, 0.1) is 19.3 Å².